The fourth-order valence-electron chi connectivity index (χ4n) is 2.49. The highest BCUT2D eigenvalue weighted by Gasteiger charge is 2.25. The molecule has 0 spiro atoms. The van der Waals surface area contributed by atoms with Crippen molar-refractivity contribution in [2.45, 2.75) is 53.5 Å². The van der Waals surface area contributed by atoms with Crippen molar-refractivity contribution in [3.05, 3.63) is 35.1 Å². The van der Waals surface area contributed by atoms with Crippen LogP contribution in [0.2, 0.25) is 0 Å². The van der Waals surface area contributed by atoms with Gasteiger partial charge in [0.15, 0.2) is 0 Å². The predicted octanol–water partition coefficient (Wildman–Crippen LogP) is 4.42. The Morgan fingerprint density at radius 1 is 1.25 bits per heavy atom. The summed E-state index contributed by atoms with van der Waals surface area (Å²) in [6, 6.07) is 5.19. The maximum absolute atomic E-state index is 14.2. The first-order chi connectivity index (χ1) is 9.42. The standard InChI is InChI=1S/C17H26FNO/c1-6-14(7-2)19(11-12(3)4)17(20)15-10-8-9-13(5)16(15)18/h8-10,12,14H,6-7,11H2,1-5H3. The Balaban J connectivity index is 3.12. The topological polar surface area (TPSA) is 20.3 Å². The Bertz CT molecular complexity index is 452. The summed E-state index contributed by atoms with van der Waals surface area (Å²) in [6.45, 7) is 10.7. The molecule has 1 rings (SSSR count). The van der Waals surface area contributed by atoms with Gasteiger partial charge in [-0.2, -0.15) is 0 Å². The molecule has 112 valence electrons. The summed E-state index contributed by atoms with van der Waals surface area (Å²) in [5, 5.41) is 0. The number of halogens is 1. The van der Waals surface area contributed by atoms with E-state index in [1.165, 1.54) is 0 Å². The summed E-state index contributed by atoms with van der Waals surface area (Å²) in [5.74, 6) is -0.210. The van der Waals surface area contributed by atoms with E-state index < -0.39 is 5.82 Å². The summed E-state index contributed by atoms with van der Waals surface area (Å²) in [4.78, 5) is 14.5. The van der Waals surface area contributed by atoms with Crippen LogP contribution < -0.4 is 0 Å². The molecule has 20 heavy (non-hydrogen) atoms. The van der Waals surface area contributed by atoms with Crippen molar-refractivity contribution in [2.75, 3.05) is 6.54 Å². The maximum atomic E-state index is 14.2. The lowest BCUT2D eigenvalue weighted by atomic mass is 10.0. The Labute approximate surface area is 122 Å². The number of aryl methyl sites for hydroxylation is 1. The molecule has 0 aliphatic carbocycles. The molecule has 0 unspecified atom stereocenters. The second-order valence-electron chi connectivity index (χ2n) is 5.76. The van der Waals surface area contributed by atoms with Crippen LogP contribution >= 0.6 is 0 Å². The van der Waals surface area contributed by atoms with E-state index in [-0.39, 0.29) is 17.5 Å². The minimum absolute atomic E-state index is 0.171. The van der Waals surface area contributed by atoms with Crippen LogP contribution in [0.1, 0.15) is 56.5 Å². The van der Waals surface area contributed by atoms with Gasteiger partial charge in [0.1, 0.15) is 5.82 Å². The van der Waals surface area contributed by atoms with Crippen LogP contribution in [0, 0.1) is 18.7 Å². The third kappa shape index (κ3) is 3.81. The van der Waals surface area contributed by atoms with E-state index >= 15 is 0 Å². The van der Waals surface area contributed by atoms with E-state index in [2.05, 4.69) is 27.7 Å². The zero-order valence-electron chi connectivity index (χ0n) is 13.2. The second-order valence-corrected chi connectivity index (χ2v) is 5.76. The Kier molecular flexibility index (Phi) is 6.18. The number of nitrogens with zero attached hydrogens (tertiary/aromatic N) is 1. The predicted molar refractivity (Wildman–Crippen MR) is 81.4 cm³/mol. The molecule has 0 aliphatic heterocycles. The quantitative estimate of drug-likeness (QED) is 0.754. The van der Waals surface area contributed by atoms with Crippen LogP contribution in [0.4, 0.5) is 4.39 Å². The van der Waals surface area contributed by atoms with E-state index in [0.29, 0.717) is 18.0 Å². The highest BCUT2D eigenvalue weighted by atomic mass is 19.1. The van der Waals surface area contributed by atoms with Crippen LogP contribution in [0.15, 0.2) is 18.2 Å². The zero-order chi connectivity index (χ0) is 15.3. The smallest absolute Gasteiger partial charge is 0.257 e. The number of rotatable bonds is 6. The minimum Gasteiger partial charge on any atom is -0.335 e. The average Bonchev–Trinajstić information content (AvgIpc) is 2.41. The van der Waals surface area contributed by atoms with Crippen LogP contribution in [-0.2, 0) is 0 Å². The SMILES string of the molecule is CCC(CC)N(CC(C)C)C(=O)c1cccc(C)c1F. The van der Waals surface area contributed by atoms with Crippen molar-refractivity contribution < 1.29 is 9.18 Å². The van der Waals surface area contributed by atoms with Gasteiger partial charge in [0.05, 0.1) is 5.56 Å². The molecular formula is C17H26FNO. The van der Waals surface area contributed by atoms with Crippen molar-refractivity contribution in [3.8, 4) is 0 Å². The Morgan fingerprint density at radius 3 is 2.35 bits per heavy atom. The molecule has 0 radical (unpaired) electrons. The van der Waals surface area contributed by atoms with Gasteiger partial charge in [0.25, 0.3) is 5.91 Å². The third-order valence-electron chi connectivity index (χ3n) is 3.63. The molecule has 1 aromatic rings. The molecule has 0 saturated carbocycles. The Hall–Kier alpha value is -1.38. The van der Waals surface area contributed by atoms with Gasteiger partial charge in [0.2, 0.25) is 0 Å². The summed E-state index contributed by atoms with van der Waals surface area (Å²) >= 11 is 0. The van der Waals surface area contributed by atoms with Crippen molar-refractivity contribution in [1.82, 2.24) is 4.90 Å². The van der Waals surface area contributed by atoms with Crippen molar-refractivity contribution in [2.24, 2.45) is 5.92 Å². The first-order valence-electron chi connectivity index (χ1n) is 7.48. The second kappa shape index (κ2) is 7.41. The number of carbonyl (C=O) groups is 1. The monoisotopic (exact) mass is 279 g/mol. The van der Waals surface area contributed by atoms with Crippen LogP contribution in [-0.4, -0.2) is 23.4 Å². The number of hydrogen-bond donors (Lipinski definition) is 0. The van der Waals surface area contributed by atoms with E-state index in [9.17, 15) is 9.18 Å². The average molecular weight is 279 g/mol. The van der Waals surface area contributed by atoms with Gasteiger partial charge < -0.3 is 4.90 Å². The zero-order valence-corrected chi connectivity index (χ0v) is 13.2. The maximum Gasteiger partial charge on any atom is 0.257 e. The van der Waals surface area contributed by atoms with Gasteiger partial charge >= 0.3 is 0 Å². The highest BCUT2D eigenvalue weighted by molar-refractivity contribution is 5.95. The van der Waals surface area contributed by atoms with Gasteiger partial charge in [-0.25, -0.2) is 4.39 Å². The molecule has 0 bridgehead atoms. The Morgan fingerprint density at radius 2 is 1.85 bits per heavy atom. The summed E-state index contributed by atoms with van der Waals surface area (Å²) in [6.07, 6.45) is 1.78. The molecule has 0 N–H and O–H groups in total. The molecule has 0 fully saturated rings. The van der Waals surface area contributed by atoms with Crippen LogP contribution in [0.3, 0.4) is 0 Å². The van der Waals surface area contributed by atoms with Crippen LogP contribution in [0.25, 0.3) is 0 Å². The van der Waals surface area contributed by atoms with Gasteiger partial charge in [-0.15, -0.1) is 0 Å². The number of benzene rings is 1. The molecule has 2 nitrogen and oxygen atoms in total. The molecular weight excluding hydrogens is 253 g/mol. The first kappa shape index (κ1) is 16.7. The van der Waals surface area contributed by atoms with Gasteiger partial charge in [-0.3, -0.25) is 4.79 Å². The summed E-state index contributed by atoms with van der Waals surface area (Å²) in [7, 11) is 0. The van der Waals surface area contributed by atoms with E-state index in [4.69, 9.17) is 0 Å². The lowest BCUT2D eigenvalue weighted by Crippen LogP contribution is -2.42. The molecule has 0 aliphatic rings. The molecule has 0 saturated heterocycles. The van der Waals surface area contributed by atoms with Crippen molar-refractivity contribution >= 4 is 5.91 Å². The van der Waals surface area contributed by atoms with Gasteiger partial charge in [-0.1, -0.05) is 39.8 Å². The summed E-state index contributed by atoms with van der Waals surface area (Å²) < 4.78 is 14.2. The van der Waals surface area contributed by atoms with Crippen LogP contribution in [0.5, 0.6) is 0 Å². The fraction of sp³-hybridized carbons (Fsp3) is 0.588. The molecule has 1 amide bonds. The van der Waals surface area contributed by atoms with Gasteiger partial charge in [-0.05, 0) is 37.3 Å². The normalized spacial score (nSPS) is 11.2. The van der Waals surface area contributed by atoms with Crippen molar-refractivity contribution in [1.29, 1.82) is 0 Å². The third-order valence-corrected chi connectivity index (χ3v) is 3.63. The highest BCUT2D eigenvalue weighted by Crippen LogP contribution is 2.19. The lowest BCUT2D eigenvalue weighted by Gasteiger charge is -2.32. The molecule has 1 aromatic carbocycles. The van der Waals surface area contributed by atoms with Gasteiger partial charge in [0, 0.05) is 12.6 Å². The molecule has 0 aromatic heterocycles. The number of carbonyl (C=O) groups excluding carboxylic acids is 1. The van der Waals surface area contributed by atoms with Crippen molar-refractivity contribution in [3.63, 3.8) is 0 Å². The number of hydrogen-bond acceptors (Lipinski definition) is 1. The van der Waals surface area contributed by atoms with E-state index in [1.54, 1.807) is 25.1 Å². The molecule has 0 heterocycles. The largest absolute Gasteiger partial charge is 0.335 e. The van der Waals surface area contributed by atoms with E-state index in [1.807, 2.05) is 4.90 Å². The molecule has 0 atom stereocenters. The lowest BCUT2D eigenvalue weighted by molar-refractivity contribution is 0.0635. The minimum atomic E-state index is -0.391. The molecule has 3 heteroatoms. The fourth-order valence-corrected chi connectivity index (χ4v) is 2.49. The first-order valence-corrected chi connectivity index (χ1v) is 7.48. The number of amides is 1. The van der Waals surface area contributed by atoms with E-state index in [0.717, 1.165) is 12.8 Å². The summed E-state index contributed by atoms with van der Waals surface area (Å²) in [5.41, 5.74) is 0.711.